The molecule has 1 heterocycles. The molecule has 1 unspecified atom stereocenters. The van der Waals surface area contributed by atoms with E-state index < -0.39 is 17.7 Å². The first kappa shape index (κ1) is 17.6. The van der Waals surface area contributed by atoms with Crippen LogP contribution in [0, 0.1) is 5.92 Å². The van der Waals surface area contributed by atoms with Crippen molar-refractivity contribution < 1.29 is 14.3 Å². The topological polar surface area (TPSA) is 58.6 Å². The first-order valence-corrected chi connectivity index (χ1v) is 8.05. The minimum atomic E-state index is -0.626. The zero-order valence-electron chi connectivity index (χ0n) is 14.1. The fourth-order valence-electron chi connectivity index (χ4n) is 2.61. The van der Waals surface area contributed by atoms with Crippen molar-refractivity contribution in [2.24, 2.45) is 5.92 Å². The van der Waals surface area contributed by atoms with E-state index in [1.807, 2.05) is 13.8 Å². The third-order valence-corrected chi connectivity index (χ3v) is 3.76. The Morgan fingerprint density at radius 3 is 2.61 bits per heavy atom. The van der Waals surface area contributed by atoms with Gasteiger partial charge in [0.05, 0.1) is 6.54 Å². The summed E-state index contributed by atoms with van der Waals surface area (Å²) >= 11 is 6.05. The van der Waals surface area contributed by atoms with Gasteiger partial charge in [-0.15, -0.1) is 0 Å². The summed E-state index contributed by atoms with van der Waals surface area (Å²) in [6.45, 7) is 9.50. The van der Waals surface area contributed by atoms with Crippen LogP contribution in [0.25, 0.3) is 0 Å². The Hall–Kier alpha value is -1.75. The number of hydrogen-bond donors (Lipinski definition) is 1. The lowest BCUT2D eigenvalue weighted by Gasteiger charge is -2.33. The third-order valence-electron chi connectivity index (χ3n) is 3.53. The maximum atomic E-state index is 12.6. The van der Waals surface area contributed by atoms with Crippen LogP contribution >= 0.6 is 11.6 Å². The molecular weight excluding hydrogens is 316 g/mol. The Kier molecular flexibility index (Phi) is 4.90. The number of hydrogen-bond acceptors (Lipinski definition) is 3. The zero-order chi connectivity index (χ0) is 17.4. The van der Waals surface area contributed by atoms with E-state index in [9.17, 15) is 9.59 Å². The van der Waals surface area contributed by atoms with Crippen LogP contribution in [0.3, 0.4) is 0 Å². The Balaban J connectivity index is 2.42. The molecular formula is C17H23ClN2O3. The smallest absolute Gasteiger partial charge is 0.411 e. The fraction of sp³-hybridized carbons (Fsp3) is 0.529. The number of carbonyl (C=O) groups excluding carboxylic acids is 2. The van der Waals surface area contributed by atoms with Gasteiger partial charge in [0.25, 0.3) is 0 Å². The van der Waals surface area contributed by atoms with Crippen LogP contribution in [0.1, 0.15) is 40.2 Å². The Bertz CT molecular complexity index is 623. The largest absolute Gasteiger partial charge is 0.444 e. The summed E-state index contributed by atoms with van der Waals surface area (Å²) < 4.78 is 5.48. The van der Waals surface area contributed by atoms with Gasteiger partial charge in [-0.1, -0.05) is 25.4 Å². The molecule has 0 spiro atoms. The van der Waals surface area contributed by atoms with Gasteiger partial charge in [-0.3, -0.25) is 9.69 Å². The van der Waals surface area contributed by atoms with Crippen molar-refractivity contribution in [3.8, 4) is 0 Å². The normalized spacial score (nSPS) is 18.3. The predicted molar refractivity (Wildman–Crippen MR) is 90.5 cm³/mol. The standard InChI is InChI=1S/C17H23ClN2O3/c1-10(2)14-15(21)19-13-7-6-12(18)8-11(13)9-20(14)16(22)23-17(3,4)5/h6-8,10,14H,9H2,1-5H3,(H,19,21). The maximum Gasteiger partial charge on any atom is 0.411 e. The van der Waals surface area contributed by atoms with Gasteiger partial charge >= 0.3 is 6.09 Å². The molecule has 2 amide bonds. The van der Waals surface area contributed by atoms with E-state index in [2.05, 4.69) is 5.32 Å². The molecule has 0 saturated carbocycles. The van der Waals surface area contributed by atoms with E-state index in [4.69, 9.17) is 16.3 Å². The van der Waals surface area contributed by atoms with E-state index in [-0.39, 0.29) is 18.4 Å². The molecule has 1 aliphatic heterocycles. The number of rotatable bonds is 1. The SMILES string of the molecule is CC(C)C1C(=O)Nc2ccc(Cl)cc2CN1C(=O)OC(C)(C)C. The molecule has 0 fully saturated rings. The van der Waals surface area contributed by atoms with Gasteiger partial charge in [0.15, 0.2) is 0 Å². The molecule has 0 radical (unpaired) electrons. The molecule has 1 atom stereocenters. The molecule has 6 heteroatoms. The lowest BCUT2D eigenvalue weighted by atomic mass is 10.0. The highest BCUT2D eigenvalue weighted by Crippen LogP contribution is 2.29. The monoisotopic (exact) mass is 338 g/mol. The second kappa shape index (κ2) is 6.40. The molecule has 5 nitrogen and oxygen atoms in total. The van der Waals surface area contributed by atoms with E-state index in [1.54, 1.807) is 39.0 Å². The summed E-state index contributed by atoms with van der Waals surface area (Å²) in [5, 5.41) is 3.44. The number of halogens is 1. The molecule has 0 aromatic heterocycles. The second-order valence-corrected chi connectivity index (χ2v) is 7.52. The van der Waals surface area contributed by atoms with Crippen LogP contribution in [0.5, 0.6) is 0 Å². The Morgan fingerprint density at radius 2 is 2.04 bits per heavy atom. The summed E-state index contributed by atoms with van der Waals surface area (Å²) in [5.74, 6) is -0.265. The molecule has 1 aromatic rings. The lowest BCUT2D eigenvalue weighted by molar-refractivity contribution is -0.122. The summed E-state index contributed by atoms with van der Waals surface area (Å²) in [7, 11) is 0. The Labute approximate surface area is 141 Å². The van der Waals surface area contributed by atoms with Crippen LogP contribution in [0.2, 0.25) is 5.02 Å². The number of anilines is 1. The van der Waals surface area contributed by atoms with E-state index in [0.717, 1.165) is 5.56 Å². The van der Waals surface area contributed by atoms with Crippen LogP contribution in [0.15, 0.2) is 18.2 Å². The van der Waals surface area contributed by atoms with Gasteiger partial charge in [-0.05, 0) is 50.5 Å². The van der Waals surface area contributed by atoms with E-state index >= 15 is 0 Å². The Morgan fingerprint density at radius 1 is 1.39 bits per heavy atom. The van der Waals surface area contributed by atoms with Crippen LogP contribution < -0.4 is 5.32 Å². The number of nitrogens with zero attached hydrogens (tertiary/aromatic N) is 1. The second-order valence-electron chi connectivity index (χ2n) is 7.09. The molecule has 2 rings (SSSR count). The number of benzene rings is 1. The van der Waals surface area contributed by atoms with Crippen LogP contribution in [0.4, 0.5) is 10.5 Å². The van der Waals surface area contributed by atoms with Gasteiger partial charge in [0, 0.05) is 10.7 Å². The van der Waals surface area contributed by atoms with Crippen molar-refractivity contribution in [2.45, 2.75) is 52.8 Å². The van der Waals surface area contributed by atoms with Gasteiger partial charge < -0.3 is 10.1 Å². The number of nitrogens with one attached hydrogen (secondary N) is 1. The molecule has 0 saturated heterocycles. The zero-order valence-corrected chi connectivity index (χ0v) is 14.9. The van der Waals surface area contributed by atoms with Gasteiger partial charge in [-0.25, -0.2) is 4.79 Å². The van der Waals surface area contributed by atoms with Crippen molar-refractivity contribution in [2.75, 3.05) is 5.32 Å². The van der Waals surface area contributed by atoms with E-state index in [0.29, 0.717) is 10.7 Å². The lowest BCUT2D eigenvalue weighted by Crippen LogP contribution is -2.49. The summed E-state index contributed by atoms with van der Waals surface area (Å²) in [5.41, 5.74) is 0.842. The maximum absolute atomic E-state index is 12.6. The molecule has 0 bridgehead atoms. The molecule has 0 aliphatic carbocycles. The number of ether oxygens (including phenoxy) is 1. The van der Waals surface area contributed by atoms with Crippen molar-refractivity contribution in [1.29, 1.82) is 0 Å². The number of carbonyl (C=O) groups is 2. The van der Waals surface area contributed by atoms with Crippen molar-refractivity contribution >= 4 is 29.3 Å². The average molecular weight is 339 g/mol. The third kappa shape index (κ3) is 4.16. The highest BCUT2D eigenvalue weighted by Gasteiger charge is 2.37. The first-order valence-electron chi connectivity index (χ1n) is 7.67. The van der Waals surface area contributed by atoms with Gasteiger partial charge in [0.1, 0.15) is 11.6 Å². The molecule has 23 heavy (non-hydrogen) atoms. The van der Waals surface area contributed by atoms with E-state index in [1.165, 1.54) is 4.90 Å². The van der Waals surface area contributed by atoms with Crippen LogP contribution in [-0.2, 0) is 16.1 Å². The van der Waals surface area contributed by atoms with Crippen LogP contribution in [-0.4, -0.2) is 28.5 Å². The highest BCUT2D eigenvalue weighted by atomic mass is 35.5. The number of fused-ring (bicyclic) bond motifs is 1. The van der Waals surface area contributed by atoms with Crippen molar-refractivity contribution in [1.82, 2.24) is 4.90 Å². The van der Waals surface area contributed by atoms with Gasteiger partial charge in [-0.2, -0.15) is 0 Å². The summed E-state index contributed by atoms with van der Waals surface area (Å²) in [4.78, 5) is 26.7. The molecule has 1 N–H and O–H groups in total. The molecule has 1 aromatic carbocycles. The van der Waals surface area contributed by atoms with Crippen molar-refractivity contribution in [3.63, 3.8) is 0 Å². The summed E-state index contributed by atoms with van der Waals surface area (Å²) in [6.07, 6.45) is -0.501. The quantitative estimate of drug-likeness (QED) is 0.840. The average Bonchev–Trinajstić information content (AvgIpc) is 2.52. The fourth-order valence-corrected chi connectivity index (χ4v) is 2.80. The summed E-state index contributed by atoms with van der Waals surface area (Å²) in [6, 6.07) is 4.63. The number of amides is 2. The molecule has 1 aliphatic rings. The van der Waals surface area contributed by atoms with Gasteiger partial charge in [0.2, 0.25) is 5.91 Å². The predicted octanol–water partition coefficient (Wildman–Crippen LogP) is 4.05. The van der Waals surface area contributed by atoms with Crippen molar-refractivity contribution in [3.05, 3.63) is 28.8 Å². The molecule has 126 valence electrons. The first-order chi connectivity index (χ1) is 10.6. The minimum absolute atomic E-state index is 0.0488. The highest BCUT2D eigenvalue weighted by molar-refractivity contribution is 6.30. The minimum Gasteiger partial charge on any atom is -0.444 e.